The Labute approximate surface area is 223 Å². The van der Waals surface area contributed by atoms with Crippen molar-refractivity contribution in [3.05, 3.63) is 108 Å². The van der Waals surface area contributed by atoms with Gasteiger partial charge in [0.2, 0.25) is 0 Å². The van der Waals surface area contributed by atoms with Gasteiger partial charge in [-0.2, -0.15) is 0 Å². The zero-order chi connectivity index (χ0) is 26.1. The third-order valence-corrected chi connectivity index (χ3v) is 7.80. The summed E-state index contributed by atoms with van der Waals surface area (Å²) in [5, 5.41) is 5.63. The fourth-order valence-corrected chi connectivity index (χ4v) is 6.01. The van der Waals surface area contributed by atoms with Crippen LogP contribution in [0.2, 0.25) is 0 Å². The van der Waals surface area contributed by atoms with Crippen LogP contribution in [-0.2, 0) is 19.5 Å². The summed E-state index contributed by atoms with van der Waals surface area (Å²) >= 11 is 0. The van der Waals surface area contributed by atoms with Gasteiger partial charge < -0.3 is 19.5 Å². The standard InChI is InChI=1S/C33H33N3O2/c1-3-35-31-16-7-6-15-28(31)29-20-23(18-19-32(29)35)22-36(30-17-8-11-24-10-4-5-14-27(24)30)33(37)34-25-12-9-13-26(21-25)38-2/h4-7,9-10,12-16,18-21,30H,3,8,11,17,22H2,1-2H3,(H,34,37). The van der Waals surface area contributed by atoms with E-state index in [1.165, 1.54) is 32.9 Å². The number of para-hydroxylation sites is 1. The van der Waals surface area contributed by atoms with Crippen LogP contribution in [0.25, 0.3) is 21.8 Å². The first-order valence-electron chi connectivity index (χ1n) is 13.5. The lowest BCUT2D eigenvalue weighted by molar-refractivity contribution is 0.175. The van der Waals surface area contributed by atoms with Gasteiger partial charge in [0.05, 0.1) is 13.2 Å². The molecule has 6 rings (SSSR count). The minimum atomic E-state index is -0.101. The third-order valence-electron chi connectivity index (χ3n) is 7.80. The van der Waals surface area contributed by atoms with E-state index < -0.39 is 0 Å². The van der Waals surface area contributed by atoms with E-state index in [1.807, 2.05) is 29.2 Å². The second-order valence-corrected chi connectivity index (χ2v) is 10.0. The Hall–Kier alpha value is -4.25. The summed E-state index contributed by atoms with van der Waals surface area (Å²) in [5.41, 5.74) is 6.92. The number of aromatic nitrogens is 1. The number of anilines is 1. The zero-order valence-electron chi connectivity index (χ0n) is 22.0. The molecule has 5 nitrogen and oxygen atoms in total. The second-order valence-electron chi connectivity index (χ2n) is 10.0. The predicted molar refractivity (Wildman–Crippen MR) is 155 cm³/mol. The summed E-state index contributed by atoms with van der Waals surface area (Å²) in [5.74, 6) is 0.718. The average Bonchev–Trinajstić information content (AvgIpc) is 3.28. The SMILES string of the molecule is CCn1c2ccccc2c2cc(CN(C(=O)Nc3cccc(OC)c3)C3CCCc4ccccc43)ccc21. The summed E-state index contributed by atoms with van der Waals surface area (Å²) < 4.78 is 7.74. The monoisotopic (exact) mass is 503 g/mol. The molecular weight excluding hydrogens is 470 g/mol. The second kappa shape index (κ2) is 10.3. The number of methoxy groups -OCH3 is 1. The molecule has 0 aliphatic heterocycles. The molecule has 0 fully saturated rings. The van der Waals surface area contributed by atoms with E-state index in [4.69, 9.17) is 4.74 Å². The first-order valence-corrected chi connectivity index (χ1v) is 13.5. The molecule has 38 heavy (non-hydrogen) atoms. The fourth-order valence-electron chi connectivity index (χ4n) is 6.01. The molecule has 1 N–H and O–H groups in total. The number of carbonyl (C=O) groups is 1. The summed E-state index contributed by atoms with van der Waals surface area (Å²) in [7, 11) is 1.64. The van der Waals surface area contributed by atoms with Crippen molar-refractivity contribution in [2.75, 3.05) is 12.4 Å². The van der Waals surface area contributed by atoms with E-state index in [9.17, 15) is 4.79 Å². The minimum absolute atomic E-state index is 0.0123. The van der Waals surface area contributed by atoms with Crippen LogP contribution >= 0.6 is 0 Å². The van der Waals surface area contributed by atoms with Gasteiger partial charge in [-0.05, 0) is 73.2 Å². The van der Waals surface area contributed by atoms with Crippen molar-refractivity contribution in [3.8, 4) is 5.75 Å². The van der Waals surface area contributed by atoms with Crippen LogP contribution in [-0.4, -0.2) is 22.6 Å². The van der Waals surface area contributed by atoms with Crippen molar-refractivity contribution < 1.29 is 9.53 Å². The molecular formula is C33H33N3O2. The largest absolute Gasteiger partial charge is 0.497 e. The van der Waals surface area contributed by atoms with E-state index >= 15 is 0 Å². The molecule has 4 aromatic carbocycles. The Morgan fingerprint density at radius 3 is 2.63 bits per heavy atom. The van der Waals surface area contributed by atoms with Crippen molar-refractivity contribution >= 4 is 33.5 Å². The topological polar surface area (TPSA) is 46.5 Å². The third kappa shape index (κ3) is 4.38. The highest BCUT2D eigenvalue weighted by Gasteiger charge is 2.29. The Morgan fingerprint density at radius 1 is 0.947 bits per heavy atom. The Kier molecular flexibility index (Phi) is 6.50. The van der Waals surface area contributed by atoms with Crippen molar-refractivity contribution in [2.45, 2.75) is 45.3 Å². The average molecular weight is 504 g/mol. The van der Waals surface area contributed by atoms with Gasteiger partial charge in [0.25, 0.3) is 0 Å². The van der Waals surface area contributed by atoms with Gasteiger partial charge in [-0.25, -0.2) is 4.79 Å². The van der Waals surface area contributed by atoms with E-state index in [0.29, 0.717) is 6.54 Å². The van der Waals surface area contributed by atoms with Gasteiger partial charge in [0.1, 0.15) is 5.75 Å². The Bertz CT molecular complexity index is 1620. The first kappa shape index (κ1) is 24.1. The van der Waals surface area contributed by atoms with Gasteiger partial charge in [0, 0.05) is 46.6 Å². The number of aryl methyl sites for hydroxylation is 2. The number of rotatable bonds is 6. The molecule has 1 aromatic heterocycles. The molecule has 0 bridgehead atoms. The number of hydrogen-bond donors (Lipinski definition) is 1. The van der Waals surface area contributed by atoms with Crippen LogP contribution < -0.4 is 10.1 Å². The molecule has 0 radical (unpaired) electrons. The normalized spacial score (nSPS) is 14.8. The lowest BCUT2D eigenvalue weighted by atomic mass is 9.86. The number of fused-ring (bicyclic) bond motifs is 4. The highest BCUT2D eigenvalue weighted by Crippen LogP contribution is 2.37. The number of nitrogens with one attached hydrogen (secondary N) is 1. The van der Waals surface area contributed by atoms with Crippen molar-refractivity contribution in [1.29, 1.82) is 0 Å². The zero-order valence-corrected chi connectivity index (χ0v) is 22.0. The van der Waals surface area contributed by atoms with Crippen molar-refractivity contribution in [2.24, 2.45) is 0 Å². The number of ether oxygens (including phenoxy) is 1. The highest BCUT2D eigenvalue weighted by atomic mass is 16.5. The molecule has 1 heterocycles. The number of carbonyl (C=O) groups excluding carboxylic acids is 1. The molecule has 5 aromatic rings. The number of nitrogens with zero attached hydrogens (tertiary/aromatic N) is 2. The molecule has 192 valence electrons. The van der Waals surface area contributed by atoms with Crippen LogP contribution in [0.3, 0.4) is 0 Å². The maximum Gasteiger partial charge on any atom is 0.322 e. The quantitative estimate of drug-likeness (QED) is 0.256. The van der Waals surface area contributed by atoms with Crippen molar-refractivity contribution in [3.63, 3.8) is 0 Å². The van der Waals surface area contributed by atoms with Gasteiger partial charge >= 0.3 is 6.03 Å². The van der Waals surface area contributed by atoms with E-state index in [1.54, 1.807) is 7.11 Å². The fraction of sp³-hybridized carbons (Fsp3) is 0.242. The highest BCUT2D eigenvalue weighted by molar-refractivity contribution is 6.08. The molecule has 1 unspecified atom stereocenters. The van der Waals surface area contributed by atoms with Gasteiger partial charge in [-0.3, -0.25) is 0 Å². The molecule has 0 saturated heterocycles. The number of benzene rings is 4. The maximum atomic E-state index is 13.9. The summed E-state index contributed by atoms with van der Waals surface area (Å²) in [6.07, 6.45) is 3.06. The lowest BCUT2D eigenvalue weighted by Crippen LogP contribution is -2.39. The van der Waals surface area contributed by atoms with E-state index in [-0.39, 0.29) is 12.1 Å². The van der Waals surface area contributed by atoms with Gasteiger partial charge in [0.15, 0.2) is 0 Å². The molecule has 1 aliphatic carbocycles. The predicted octanol–water partition coefficient (Wildman–Crippen LogP) is 7.93. The first-order chi connectivity index (χ1) is 18.7. The molecule has 0 spiro atoms. The number of hydrogen-bond acceptors (Lipinski definition) is 2. The van der Waals surface area contributed by atoms with Crippen LogP contribution in [0, 0.1) is 0 Å². The van der Waals surface area contributed by atoms with Gasteiger partial charge in [-0.1, -0.05) is 54.6 Å². The molecule has 2 amide bonds. The van der Waals surface area contributed by atoms with E-state index in [0.717, 1.165) is 42.8 Å². The number of amides is 2. The van der Waals surface area contributed by atoms with Crippen LogP contribution in [0.4, 0.5) is 10.5 Å². The Balaban J connectivity index is 1.40. The molecule has 1 atom stereocenters. The Morgan fingerprint density at radius 2 is 1.76 bits per heavy atom. The minimum Gasteiger partial charge on any atom is -0.497 e. The maximum absolute atomic E-state index is 13.9. The molecule has 0 saturated carbocycles. The smallest absolute Gasteiger partial charge is 0.322 e. The number of urea groups is 1. The molecule has 5 heteroatoms. The van der Waals surface area contributed by atoms with Crippen molar-refractivity contribution in [1.82, 2.24) is 9.47 Å². The van der Waals surface area contributed by atoms with Crippen LogP contribution in [0.1, 0.15) is 42.5 Å². The summed E-state index contributed by atoms with van der Waals surface area (Å²) in [4.78, 5) is 15.9. The summed E-state index contributed by atoms with van der Waals surface area (Å²) in [6.45, 7) is 3.62. The molecule has 1 aliphatic rings. The van der Waals surface area contributed by atoms with E-state index in [2.05, 4.69) is 83.5 Å². The summed E-state index contributed by atoms with van der Waals surface area (Å²) in [6, 6.07) is 31.2. The van der Waals surface area contributed by atoms with Gasteiger partial charge in [-0.15, -0.1) is 0 Å². The van der Waals surface area contributed by atoms with Crippen LogP contribution in [0.15, 0.2) is 91.0 Å². The lowest BCUT2D eigenvalue weighted by Gasteiger charge is -2.36. The van der Waals surface area contributed by atoms with Crippen LogP contribution in [0.5, 0.6) is 5.75 Å².